The van der Waals surface area contributed by atoms with Crippen molar-refractivity contribution < 1.29 is 4.79 Å². The fraction of sp³-hybridized carbons (Fsp3) is 0.346. The van der Waals surface area contributed by atoms with Crippen molar-refractivity contribution >= 4 is 52.1 Å². The number of carbonyl (C=O) groups excluding carboxylic acids is 1. The molecule has 1 amide bonds. The number of carbonyl (C=O) groups is 1. The number of aromatic nitrogens is 2. The second-order valence-corrected chi connectivity index (χ2v) is 10.5. The maximum atomic E-state index is 12.6. The van der Waals surface area contributed by atoms with Gasteiger partial charge in [0.05, 0.1) is 21.3 Å². The van der Waals surface area contributed by atoms with E-state index in [1.807, 2.05) is 18.2 Å². The fourth-order valence-electron chi connectivity index (χ4n) is 4.56. The molecule has 0 aliphatic heterocycles. The number of hydrogen-bond donors (Lipinski definition) is 4. The van der Waals surface area contributed by atoms with Crippen molar-refractivity contribution in [1.29, 1.82) is 0 Å². The SMILES string of the molecule is CC1(C)CCc2c(Nc3c(Cl)cncc3Cl)nc(NCCCc3cccc(N)c3)c(C(N)=O)c2C1. The maximum absolute atomic E-state index is 12.6. The highest BCUT2D eigenvalue weighted by Gasteiger charge is 2.32. The lowest BCUT2D eigenvalue weighted by Crippen LogP contribution is -2.29. The van der Waals surface area contributed by atoms with Crippen LogP contribution in [-0.4, -0.2) is 22.4 Å². The average Bonchev–Trinajstić information content (AvgIpc) is 2.78. The first-order valence-electron chi connectivity index (χ1n) is 11.6. The first-order chi connectivity index (χ1) is 16.6. The lowest BCUT2D eigenvalue weighted by atomic mass is 9.73. The molecular formula is C26H30Cl2N6O. The number of nitrogens with one attached hydrogen (secondary N) is 2. The molecule has 1 aliphatic carbocycles. The van der Waals surface area contributed by atoms with Crippen LogP contribution in [0.5, 0.6) is 0 Å². The molecule has 7 nitrogen and oxygen atoms in total. The monoisotopic (exact) mass is 512 g/mol. The molecule has 0 bridgehead atoms. The average molecular weight is 513 g/mol. The number of amides is 1. The summed E-state index contributed by atoms with van der Waals surface area (Å²) >= 11 is 12.7. The molecule has 0 saturated heterocycles. The molecule has 1 aliphatic rings. The van der Waals surface area contributed by atoms with Crippen LogP contribution < -0.4 is 22.1 Å². The van der Waals surface area contributed by atoms with E-state index in [0.717, 1.165) is 48.1 Å². The predicted octanol–water partition coefficient (Wildman–Crippen LogP) is 5.77. The minimum Gasteiger partial charge on any atom is -0.399 e. The van der Waals surface area contributed by atoms with Crippen molar-refractivity contribution in [1.82, 2.24) is 9.97 Å². The highest BCUT2D eigenvalue weighted by molar-refractivity contribution is 6.39. The highest BCUT2D eigenvalue weighted by Crippen LogP contribution is 2.42. The van der Waals surface area contributed by atoms with Crippen LogP contribution in [-0.2, 0) is 19.3 Å². The van der Waals surface area contributed by atoms with Crippen molar-refractivity contribution in [3.8, 4) is 0 Å². The summed E-state index contributed by atoms with van der Waals surface area (Å²) in [7, 11) is 0. The van der Waals surface area contributed by atoms with Crippen LogP contribution in [0.1, 0.15) is 53.7 Å². The Morgan fingerprint density at radius 3 is 2.57 bits per heavy atom. The number of anilines is 4. The number of nitrogens with zero attached hydrogens (tertiary/aromatic N) is 2. The summed E-state index contributed by atoms with van der Waals surface area (Å²) in [6, 6.07) is 7.84. The predicted molar refractivity (Wildman–Crippen MR) is 144 cm³/mol. The smallest absolute Gasteiger partial charge is 0.252 e. The van der Waals surface area contributed by atoms with Crippen LogP contribution in [0.3, 0.4) is 0 Å². The van der Waals surface area contributed by atoms with Gasteiger partial charge >= 0.3 is 0 Å². The molecular weight excluding hydrogens is 483 g/mol. The molecule has 0 spiro atoms. The number of pyridine rings is 2. The minimum absolute atomic E-state index is 0.0340. The molecule has 2 aromatic heterocycles. The zero-order chi connectivity index (χ0) is 25.2. The zero-order valence-corrected chi connectivity index (χ0v) is 21.4. The Morgan fingerprint density at radius 1 is 1.14 bits per heavy atom. The van der Waals surface area contributed by atoms with Gasteiger partial charge < -0.3 is 22.1 Å². The number of halogens is 2. The normalized spacial score (nSPS) is 14.3. The van der Waals surface area contributed by atoms with E-state index < -0.39 is 5.91 Å². The van der Waals surface area contributed by atoms with Crippen LogP contribution in [0, 0.1) is 5.41 Å². The lowest BCUT2D eigenvalue weighted by Gasteiger charge is -2.34. The van der Waals surface area contributed by atoms with E-state index in [1.165, 1.54) is 12.4 Å². The molecule has 0 atom stereocenters. The number of nitrogens with two attached hydrogens (primary N) is 2. The van der Waals surface area contributed by atoms with Crippen LogP contribution in [0.15, 0.2) is 36.7 Å². The molecule has 0 saturated carbocycles. The molecule has 0 fully saturated rings. The van der Waals surface area contributed by atoms with Gasteiger partial charge in [-0.3, -0.25) is 9.78 Å². The molecule has 4 rings (SSSR count). The summed E-state index contributed by atoms with van der Waals surface area (Å²) in [6.45, 7) is 5.01. The number of rotatable bonds is 8. The molecule has 9 heteroatoms. The first-order valence-corrected chi connectivity index (χ1v) is 12.4. The number of primary amides is 1. The van der Waals surface area contributed by atoms with E-state index in [9.17, 15) is 4.79 Å². The van der Waals surface area contributed by atoms with Gasteiger partial charge in [-0.25, -0.2) is 4.98 Å². The van der Waals surface area contributed by atoms with Crippen molar-refractivity contribution in [2.45, 2.75) is 46.0 Å². The highest BCUT2D eigenvalue weighted by atomic mass is 35.5. The summed E-state index contributed by atoms with van der Waals surface area (Å²) in [4.78, 5) is 21.5. The molecule has 6 N–H and O–H groups in total. The summed E-state index contributed by atoms with van der Waals surface area (Å²) in [6.07, 6.45) is 7.16. The third kappa shape index (κ3) is 5.80. The van der Waals surface area contributed by atoms with Gasteiger partial charge in [0.2, 0.25) is 0 Å². The number of aryl methyl sites for hydroxylation is 1. The Labute approximate surface area is 215 Å². The van der Waals surface area contributed by atoms with E-state index in [4.69, 9.17) is 39.7 Å². The number of hydrogen-bond acceptors (Lipinski definition) is 6. The molecule has 0 unspecified atom stereocenters. The number of fused-ring (bicyclic) bond motifs is 1. The van der Waals surface area contributed by atoms with E-state index in [0.29, 0.717) is 45.9 Å². The molecule has 3 aromatic rings. The molecule has 184 valence electrons. The Hall–Kier alpha value is -3.03. The quantitative estimate of drug-likeness (QED) is 0.224. The third-order valence-electron chi connectivity index (χ3n) is 6.35. The van der Waals surface area contributed by atoms with E-state index in [2.05, 4.69) is 35.5 Å². The zero-order valence-electron chi connectivity index (χ0n) is 19.9. The number of nitrogen functional groups attached to an aromatic ring is 1. The summed E-state index contributed by atoms with van der Waals surface area (Å²) in [5.74, 6) is 0.593. The third-order valence-corrected chi connectivity index (χ3v) is 6.92. The summed E-state index contributed by atoms with van der Waals surface area (Å²) in [5.41, 5.74) is 16.6. The first kappa shape index (κ1) is 25.1. The molecule has 35 heavy (non-hydrogen) atoms. The van der Waals surface area contributed by atoms with Crippen LogP contribution in [0.2, 0.25) is 10.0 Å². The van der Waals surface area contributed by atoms with Crippen molar-refractivity contribution in [3.63, 3.8) is 0 Å². The van der Waals surface area contributed by atoms with Crippen molar-refractivity contribution in [2.75, 3.05) is 22.9 Å². The van der Waals surface area contributed by atoms with Crippen LogP contribution in [0.25, 0.3) is 0 Å². The van der Waals surface area contributed by atoms with Gasteiger partial charge in [-0.15, -0.1) is 0 Å². The molecule has 1 aromatic carbocycles. The Balaban J connectivity index is 1.67. The van der Waals surface area contributed by atoms with Gasteiger partial charge in [-0.1, -0.05) is 49.2 Å². The van der Waals surface area contributed by atoms with Crippen molar-refractivity contribution in [3.05, 3.63) is 69.0 Å². The van der Waals surface area contributed by atoms with Gasteiger partial charge in [0.25, 0.3) is 5.91 Å². The van der Waals surface area contributed by atoms with E-state index in [1.54, 1.807) is 0 Å². The Bertz CT molecular complexity index is 1240. The molecule has 0 radical (unpaired) electrons. The number of benzene rings is 1. The van der Waals surface area contributed by atoms with Gasteiger partial charge in [0.1, 0.15) is 11.6 Å². The second kappa shape index (κ2) is 10.3. The molecule has 2 heterocycles. The standard InChI is InChI=1S/C26H30Cl2N6O/c1-26(2)9-8-17-18(12-26)21(23(30)35)25(32-10-4-6-15-5-3-7-16(29)11-15)34-24(17)33-22-19(27)13-31-14-20(22)28/h3,5,7,11,13-14H,4,6,8-10,12,29H2,1-2H3,(H2,30,35)(H2,31,32,33,34). The topological polar surface area (TPSA) is 119 Å². The van der Waals surface area contributed by atoms with Gasteiger partial charge in [-0.05, 0) is 66.3 Å². The van der Waals surface area contributed by atoms with Crippen LogP contribution >= 0.6 is 23.2 Å². The van der Waals surface area contributed by atoms with Crippen molar-refractivity contribution in [2.24, 2.45) is 11.1 Å². The largest absolute Gasteiger partial charge is 0.399 e. The lowest BCUT2D eigenvalue weighted by molar-refractivity contribution is 0.0999. The van der Waals surface area contributed by atoms with E-state index in [-0.39, 0.29) is 5.41 Å². The van der Waals surface area contributed by atoms with Crippen LogP contribution in [0.4, 0.5) is 23.0 Å². The fourth-order valence-corrected chi connectivity index (χ4v) is 5.02. The Kier molecular flexibility index (Phi) is 7.38. The Morgan fingerprint density at radius 2 is 1.89 bits per heavy atom. The van der Waals surface area contributed by atoms with Gasteiger partial charge in [0, 0.05) is 24.6 Å². The summed E-state index contributed by atoms with van der Waals surface area (Å²) < 4.78 is 0. The van der Waals surface area contributed by atoms with Gasteiger partial charge in [-0.2, -0.15) is 0 Å². The van der Waals surface area contributed by atoms with E-state index >= 15 is 0 Å². The van der Waals surface area contributed by atoms with Gasteiger partial charge in [0.15, 0.2) is 0 Å². The maximum Gasteiger partial charge on any atom is 0.252 e. The summed E-state index contributed by atoms with van der Waals surface area (Å²) in [5, 5.41) is 7.43. The second-order valence-electron chi connectivity index (χ2n) is 9.72. The minimum atomic E-state index is -0.490.